The Hall–Kier alpha value is -16.2. The van der Waals surface area contributed by atoms with Crippen molar-refractivity contribution >= 4 is 44.2 Å². The topological polar surface area (TPSA) is 129 Å². The van der Waals surface area contributed by atoms with Crippen molar-refractivity contribution in [3.8, 4) is 114 Å². The average molecular weight is 1520 g/mol. The highest BCUT2D eigenvalue weighted by molar-refractivity contribution is 6.08. The van der Waals surface area contributed by atoms with Gasteiger partial charge in [0.1, 0.15) is 11.2 Å². The first-order chi connectivity index (χ1) is 59.0. The molecule has 20 aromatic rings. The molecule has 10 heteroatoms. The molecule has 0 amide bonds. The molecule has 16 aromatic carbocycles. The average Bonchev–Trinajstić information content (AvgIpc) is 1.73. The number of fused-ring (bicyclic) bond motifs is 3. The van der Waals surface area contributed by atoms with E-state index in [1.807, 2.05) is 170 Å². The summed E-state index contributed by atoms with van der Waals surface area (Å²) in [5, 5.41) is 2.15. The maximum absolute atomic E-state index is 6.25. The summed E-state index contributed by atoms with van der Waals surface area (Å²) in [6.07, 6.45) is 0. The Bertz CT molecular complexity index is 6860. The number of nitrogens with zero attached hydrogens (tertiary/aromatic N) is 9. The Labute approximate surface area is 690 Å². The molecule has 0 spiro atoms. The fourth-order valence-electron chi connectivity index (χ4n) is 15.2. The van der Waals surface area contributed by atoms with Gasteiger partial charge in [-0.05, 0) is 108 Å². The molecule has 4 heterocycles. The van der Waals surface area contributed by atoms with Crippen LogP contribution in [0.4, 0.5) is 0 Å². The molecule has 20 rings (SSSR count). The van der Waals surface area contributed by atoms with Crippen LogP contribution < -0.4 is 0 Å². The third kappa shape index (κ3) is 16.0. The van der Waals surface area contributed by atoms with E-state index in [4.69, 9.17) is 49.3 Å². The Balaban J connectivity index is 0.000000158. The van der Waals surface area contributed by atoms with Gasteiger partial charge in [0.15, 0.2) is 52.4 Å². The number of hydrogen-bond donors (Lipinski definition) is 0. The van der Waals surface area contributed by atoms with E-state index in [2.05, 4.69) is 273 Å². The van der Waals surface area contributed by atoms with E-state index in [0.717, 1.165) is 139 Å². The van der Waals surface area contributed by atoms with Crippen LogP contribution >= 0.6 is 0 Å². The van der Waals surface area contributed by atoms with Crippen molar-refractivity contribution < 1.29 is 4.42 Å². The van der Waals surface area contributed by atoms with Gasteiger partial charge in [-0.2, -0.15) is 0 Å². The van der Waals surface area contributed by atoms with Gasteiger partial charge in [0.25, 0.3) is 0 Å². The molecule has 0 aliphatic carbocycles. The molecule has 4 aromatic heterocycles. The molecular weight excluding hydrogens is 1450 g/mol. The second-order valence-electron chi connectivity index (χ2n) is 28.7. The maximum atomic E-state index is 6.25. The Morgan fingerprint density at radius 3 is 0.697 bits per heavy atom. The molecule has 119 heavy (non-hydrogen) atoms. The Kier molecular flexibility index (Phi) is 20.8. The maximum Gasteiger partial charge on any atom is 0.164 e. The number of para-hydroxylation sites is 1. The third-order valence-electron chi connectivity index (χ3n) is 21.0. The number of rotatable bonds is 18. The highest BCUT2D eigenvalue weighted by Crippen LogP contribution is 2.42. The van der Waals surface area contributed by atoms with Gasteiger partial charge < -0.3 is 4.42 Å². The molecule has 0 radical (unpaired) electrons. The molecule has 0 saturated carbocycles. The molecule has 560 valence electrons. The third-order valence-corrected chi connectivity index (χ3v) is 21.0. The van der Waals surface area contributed by atoms with Crippen LogP contribution in [0.3, 0.4) is 0 Å². The van der Waals surface area contributed by atoms with Crippen molar-refractivity contribution in [3.05, 3.63) is 487 Å². The Morgan fingerprint density at radius 1 is 0.134 bits per heavy atom. The zero-order valence-corrected chi connectivity index (χ0v) is 64.6. The van der Waals surface area contributed by atoms with Gasteiger partial charge in [-0.25, -0.2) is 44.9 Å². The lowest BCUT2D eigenvalue weighted by molar-refractivity contribution is 0.669. The van der Waals surface area contributed by atoms with E-state index in [9.17, 15) is 0 Å². The molecule has 0 aliphatic rings. The molecule has 0 N–H and O–H groups in total. The first-order valence-electron chi connectivity index (χ1n) is 39.6. The number of furan rings is 1. The molecule has 0 saturated heterocycles. The second-order valence-corrected chi connectivity index (χ2v) is 28.7. The lowest BCUT2D eigenvalue weighted by Gasteiger charge is -2.19. The number of benzene rings is 16. The van der Waals surface area contributed by atoms with Crippen LogP contribution in [-0.2, 0) is 0 Å². The normalized spacial score (nSPS) is 11.0. The summed E-state index contributed by atoms with van der Waals surface area (Å²) in [6.45, 7) is 0. The van der Waals surface area contributed by atoms with Gasteiger partial charge >= 0.3 is 0 Å². The lowest BCUT2D eigenvalue weighted by Crippen LogP contribution is -2.02. The van der Waals surface area contributed by atoms with E-state index in [1.165, 1.54) is 11.1 Å². The van der Waals surface area contributed by atoms with Gasteiger partial charge in [0.2, 0.25) is 0 Å². The van der Waals surface area contributed by atoms with E-state index in [0.29, 0.717) is 52.4 Å². The minimum absolute atomic E-state index is 0.537. The monoisotopic (exact) mass is 1520 g/mol. The van der Waals surface area contributed by atoms with Crippen molar-refractivity contribution in [2.45, 2.75) is 0 Å². The molecule has 0 fully saturated rings. The summed E-state index contributed by atoms with van der Waals surface area (Å²) < 4.78 is 6.25. The van der Waals surface area contributed by atoms with Crippen molar-refractivity contribution in [2.75, 3.05) is 0 Å². The van der Waals surface area contributed by atoms with Crippen molar-refractivity contribution in [3.63, 3.8) is 0 Å². The van der Waals surface area contributed by atoms with Crippen molar-refractivity contribution in [1.29, 1.82) is 0 Å². The minimum atomic E-state index is 0.537. The summed E-state index contributed by atoms with van der Waals surface area (Å²) >= 11 is 0. The summed E-state index contributed by atoms with van der Waals surface area (Å²) in [5.41, 5.74) is 25.3. The van der Waals surface area contributed by atoms with Crippen LogP contribution in [0.2, 0.25) is 0 Å². The first kappa shape index (κ1) is 73.0. The number of hydrogen-bond acceptors (Lipinski definition) is 10. The highest BCUT2D eigenvalue weighted by atomic mass is 16.3. The standard InChI is InChI=1S/C56H38N6.C53H35N3O/c1-7-21-39(22-8-1)49(40-23-9-2-10-24-40)50(41-25-11-3-12-26-41)45-33-19-34-46(37-45)54-60-53(44-31-17-6-18-32-44)61-56(62-54)48-36-20-35-47(38-48)55-58-51(42-27-13-4-14-28-42)57-52(59-55)43-29-15-5-16-30-43;1-5-15-36(16-6-1)37-25-27-40(28-26-37)50(49(38-17-7-2-8-18-38)39-19-9-3-10-20-39)41-29-31-43(32-30-41)52-54-51(42-21-11-4-12-22-42)55-53(56-52)44-33-34-46-45-23-13-14-24-47(45)57-48(46)35-44/h1-38H;1-35H. The smallest absolute Gasteiger partial charge is 0.164 e. The van der Waals surface area contributed by atoms with Gasteiger partial charge in [-0.15, -0.1) is 0 Å². The van der Waals surface area contributed by atoms with Gasteiger partial charge in [-0.3, -0.25) is 0 Å². The van der Waals surface area contributed by atoms with Crippen molar-refractivity contribution in [1.82, 2.24) is 44.9 Å². The largest absolute Gasteiger partial charge is 0.456 e. The molecule has 0 bridgehead atoms. The summed E-state index contributed by atoms with van der Waals surface area (Å²) in [5.74, 6) is 5.21. The van der Waals surface area contributed by atoms with Crippen LogP contribution in [0.5, 0.6) is 0 Å². The highest BCUT2D eigenvalue weighted by Gasteiger charge is 2.23. The van der Waals surface area contributed by atoms with E-state index < -0.39 is 0 Å². The molecule has 0 aliphatic heterocycles. The Morgan fingerprint density at radius 2 is 0.345 bits per heavy atom. The summed E-state index contributed by atoms with van der Waals surface area (Å²) in [7, 11) is 0. The van der Waals surface area contributed by atoms with E-state index >= 15 is 0 Å². The predicted octanol–water partition coefficient (Wildman–Crippen LogP) is 26.5. The van der Waals surface area contributed by atoms with Gasteiger partial charge in [0, 0.05) is 60.8 Å². The quantitative estimate of drug-likeness (QED) is 0.0766. The first-order valence-corrected chi connectivity index (χ1v) is 39.6. The van der Waals surface area contributed by atoms with Crippen molar-refractivity contribution in [2.24, 2.45) is 0 Å². The van der Waals surface area contributed by atoms with Gasteiger partial charge in [0.05, 0.1) is 0 Å². The van der Waals surface area contributed by atoms with Crippen LogP contribution in [0.1, 0.15) is 44.5 Å². The SMILES string of the molecule is c1ccc(C(=C(c2ccc(-c3ccccc3)cc2)c2ccc(-c3nc(-c4ccccc4)nc(-c4ccc5c(c4)oc4ccccc45)n3)cc2)c2ccccc2)cc1.c1ccc(C(=C(c2ccccc2)c2cccc(-c3nc(-c4ccccc4)nc(-c4cccc(-c5nc(-c6ccccc6)nc(-c6ccccc6)n5)c4)n3)c2)c2ccccc2)cc1. The minimum Gasteiger partial charge on any atom is -0.456 e. The second kappa shape index (κ2) is 33.9. The molecule has 0 unspecified atom stereocenters. The van der Waals surface area contributed by atoms with E-state index in [-0.39, 0.29) is 0 Å². The number of aromatic nitrogens is 9. The zero-order valence-electron chi connectivity index (χ0n) is 64.6. The van der Waals surface area contributed by atoms with Crippen LogP contribution in [0.25, 0.3) is 158 Å². The molecule has 10 nitrogen and oxygen atoms in total. The summed E-state index contributed by atoms with van der Waals surface area (Å²) in [4.78, 5) is 45.4. The summed E-state index contributed by atoms with van der Waals surface area (Å²) in [6, 6.07) is 152. The molecule has 0 atom stereocenters. The van der Waals surface area contributed by atoms with Gasteiger partial charge in [-0.1, -0.05) is 413 Å². The van der Waals surface area contributed by atoms with Crippen LogP contribution in [-0.4, -0.2) is 44.9 Å². The lowest BCUT2D eigenvalue weighted by atomic mass is 9.85. The zero-order chi connectivity index (χ0) is 79.5. The molecular formula is C109H73N9O. The fraction of sp³-hybridized carbons (Fsp3) is 0. The predicted molar refractivity (Wildman–Crippen MR) is 483 cm³/mol. The van der Waals surface area contributed by atoms with Crippen LogP contribution in [0, 0.1) is 0 Å². The van der Waals surface area contributed by atoms with E-state index in [1.54, 1.807) is 0 Å². The fourth-order valence-corrected chi connectivity index (χ4v) is 15.2. The van der Waals surface area contributed by atoms with Crippen LogP contribution in [0.15, 0.2) is 447 Å².